The molecular formula is C13H24N2O3Si. The van der Waals surface area contributed by atoms with E-state index in [4.69, 9.17) is 14.8 Å². The van der Waals surface area contributed by atoms with Crippen LogP contribution in [0.3, 0.4) is 0 Å². The molecule has 1 rings (SSSR count). The first-order valence-corrected chi connectivity index (χ1v) is 9.53. The van der Waals surface area contributed by atoms with Crippen molar-refractivity contribution in [2.24, 2.45) is 0 Å². The van der Waals surface area contributed by atoms with Crippen LogP contribution in [0.25, 0.3) is 0 Å². The van der Waals surface area contributed by atoms with Gasteiger partial charge in [0.15, 0.2) is 8.32 Å². The maximum absolute atomic E-state index is 11.2. The maximum atomic E-state index is 11.2. The van der Waals surface area contributed by atoms with Crippen LogP contribution >= 0.6 is 0 Å². The molecule has 19 heavy (non-hydrogen) atoms. The third-order valence-electron chi connectivity index (χ3n) is 4.22. The number of nitriles is 1. The van der Waals surface area contributed by atoms with Crippen molar-refractivity contribution in [3.63, 3.8) is 0 Å². The average Bonchev–Trinajstić information content (AvgIpc) is 2.59. The summed E-state index contributed by atoms with van der Waals surface area (Å²) in [5.74, 6) is 0. The smallest absolute Gasteiger partial charge is 0.407 e. The van der Waals surface area contributed by atoms with Gasteiger partial charge in [0.2, 0.25) is 0 Å². The van der Waals surface area contributed by atoms with Gasteiger partial charge >= 0.3 is 6.09 Å². The Morgan fingerprint density at radius 3 is 2.53 bits per heavy atom. The Labute approximate surface area is 116 Å². The van der Waals surface area contributed by atoms with Crippen molar-refractivity contribution < 1.29 is 14.3 Å². The van der Waals surface area contributed by atoms with E-state index in [2.05, 4.69) is 39.9 Å². The van der Waals surface area contributed by atoms with E-state index in [1.807, 2.05) is 0 Å². The second-order valence-corrected chi connectivity index (χ2v) is 11.4. The molecule has 6 heteroatoms. The molecule has 0 radical (unpaired) electrons. The maximum Gasteiger partial charge on any atom is 0.407 e. The van der Waals surface area contributed by atoms with Crippen molar-refractivity contribution in [2.75, 3.05) is 6.54 Å². The van der Waals surface area contributed by atoms with E-state index in [9.17, 15) is 4.79 Å². The average molecular weight is 284 g/mol. The van der Waals surface area contributed by atoms with Crippen molar-refractivity contribution >= 4 is 14.4 Å². The lowest BCUT2D eigenvalue weighted by molar-refractivity contribution is 0.133. The molecule has 0 bridgehead atoms. The molecule has 0 aliphatic carbocycles. The van der Waals surface area contributed by atoms with Crippen LogP contribution in [0.2, 0.25) is 18.1 Å². The molecule has 0 aromatic rings. The fourth-order valence-electron chi connectivity index (χ4n) is 2.09. The minimum absolute atomic E-state index is 0.0738. The Bertz CT molecular complexity index is 384. The third kappa shape index (κ3) is 3.70. The topological polar surface area (TPSA) is 73.6 Å². The van der Waals surface area contributed by atoms with Crippen LogP contribution < -0.4 is 0 Å². The molecule has 1 aliphatic rings. The predicted octanol–water partition coefficient (Wildman–Crippen LogP) is 3.04. The van der Waals surface area contributed by atoms with E-state index in [0.29, 0.717) is 13.0 Å². The number of hydrogen-bond acceptors (Lipinski definition) is 3. The van der Waals surface area contributed by atoms with Gasteiger partial charge in [-0.2, -0.15) is 5.26 Å². The van der Waals surface area contributed by atoms with Gasteiger partial charge in [-0.25, -0.2) is 4.79 Å². The summed E-state index contributed by atoms with van der Waals surface area (Å²) in [7, 11) is -1.89. The van der Waals surface area contributed by atoms with E-state index in [-0.39, 0.29) is 23.6 Å². The molecule has 1 aliphatic heterocycles. The second-order valence-electron chi connectivity index (χ2n) is 6.69. The minimum atomic E-state index is -1.89. The van der Waals surface area contributed by atoms with Crippen LogP contribution in [0.4, 0.5) is 4.79 Å². The number of nitrogens with zero attached hydrogens (tertiary/aromatic N) is 2. The molecule has 0 aromatic heterocycles. The standard InChI is InChI=1S/C13H24N2O3Si/c1-13(2,3)19(4,5)18-11-8-10(6-7-14)15(9-11)12(16)17/h10-11H,6,8-9H2,1-5H3,(H,16,17)/t10-,11-/m0/s1. The van der Waals surface area contributed by atoms with Gasteiger partial charge in [-0.15, -0.1) is 0 Å². The second kappa shape index (κ2) is 5.51. The summed E-state index contributed by atoms with van der Waals surface area (Å²) >= 11 is 0. The van der Waals surface area contributed by atoms with Gasteiger partial charge in [-0.3, -0.25) is 0 Å². The summed E-state index contributed by atoms with van der Waals surface area (Å²) < 4.78 is 6.24. The van der Waals surface area contributed by atoms with Gasteiger partial charge in [0.25, 0.3) is 0 Å². The van der Waals surface area contributed by atoms with Gasteiger partial charge in [0.1, 0.15) is 0 Å². The molecule has 0 spiro atoms. The van der Waals surface area contributed by atoms with E-state index in [1.54, 1.807) is 0 Å². The van der Waals surface area contributed by atoms with Crippen LogP contribution in [0, 0.1) is 11.3 Å². The number of carbonyl (C=O) groups is 1. The molecule has 1 N–H and O–H groups in total. The Kier molecular flexibility index (Phi) is 4.64. The van der Waals surface area contributed by atoms with Crippen molar-refractivity contribution in [1.82, 2.24) is 4.90 Å². The highest BCUT2D eigenvalue weighted by atomic mass is 28.4. The van der Waals surface area contributed by atoms with Crippen LogP contribution in [-0.4, -0.2) is 43.1 Å². The fraction of sp³-hybridized carbons (Fsp3) is 0.846. The summed E-state index contributed by atoms with van der Waals surface area (Å²) in [4.78, 5) is 12.5. The van der Waals surface area contributed by atoms with E-state index in [1.165, 1.54) is 4.90 Å². The van der Waals surface area contributed by atoms with Gasteiger partial charge in [0.05, 0.1) is 24.6 Å². The molecule has 2 atom stereocenters. The molecule has 0 saturated carbocycles. The largest absolute Gasteiger partial charge is 0.465 e. The summed E-state index contributed by atoms with van der Waals surface area (Å²) in [5, 5.41) is 18.0. The Balaban J connectivity index is 2.73. The molecular weight excluding hydrogens is 260 g/mol. The third-order valence-corrected chi connectivity index (χ3v) is 8.75. The normalized spacial score (nSPS) is 24.3. The molecule has 0 aromatic carbocycles. The predicted molar refractivity (Wildman–Crippen MR) is 75.4 cm³/mol. The Morgan fingerprint density at radius 1 is 1.53 bits per heavy atom. The van der Waals surface area contributed by atoms with Gasteiger partial charge in [-0.05, 0) is 24.6 Å². The highest BCUT2D eigenvalue weighted by Gasteiger charge is 2.43. The molecule has 1 fully saturated rings. The minimum Gasteiger partial charge on any atom is -0.465 e. The van der Waals surface area contributed by atoms with Crippen molar-refractivity contribution in [1.29, 1.82) is 5.26 Å². The Hall–Kier alpha value is -1.06. The van der Waals surface area contributed by atoms with Gasteiger partial charge in [-0.1, -0.05) is 20.8 Å². The van der Waals surface area contributed by atoms with E-state index < -0.39 is 14.4 Å². The van der Waals surface area contributed by atoms with Crippen LogP contribution in [0.1, 0.15) is 33.6 Å². The van der Waals surface area contributed by atoms with Crippen LogP contribution in [0.5, 0.6) is 0 Å². The van der Waals surface area contributed by atoms with Crippen molar-refractivity contribution in [2.45, 2.75) is 63.9 Å². The number of rotatable bonds is 3. The van der Waals surface area contributed by atoms with E-state index >= 15 is 0 Å². The molecule has 1 saturated heterocycles. The summed E-state index contributed by atoms with van der Waals surface area (Å²) in [5.41, 5.74) is 0. The zero-order valence-corrected chi connectivity index (χ0v) is 13.4. The summed E-state index contributed by atoms with van der Waals surface area (Å²) in [6, 6.07) is 1.83. The first-order valence-electron chi connectivity index (χ1n) is 6.63. The molecule has 5 nitrogen and oxygen atoms in total. The molecule has 0 unspecified atom stereocenters. The van der Waals surface area contributed by atoms with Crippen molar-refractivity contribution in [3.8, 4) is 6.07 Å². The molecule has 108 valence electrons. The lowest BCUT2D eigenvalue weighted by Gasteiger charge is -2.38. The number of amides is 1. The first-order chi connectivity index (χ1) is 8.58. The highest BCUT2D eigenvalue weighted by Crippen LogP contribution is 2.39. The van der Waals surface area contributed by atoms with E-state index in [0.717, 1.165) is 0 Å². The zero-order chi connectivity index (χ0) is 14.8. The zero-order valence-electron chi connectivity index (χ0n) is 12.4. The van der Waals surface area contributed by atoms with Crippen LogP contribution in [0.15, 0.2) is 0 Å². The molecule has 1 amide bonds. The van der Waals surface area contributed by atoms with Gasteiger partial charge < -0.3 is 14.4 Å². The first kappa shape index (κ1) is 16.0. The quantitative estimate of drug-likeness (QED) is 0.808. The SMILES string of the molecule is CC(C)(C)[Si](C)(C)O[C@H]1C[C@H](CC#N)N(C(=O)O)C1. The van der Waals surface area contributed by atoms with Gasteiger partial charge in [0, 0.05) is 6.54 Å². The monoisotopic (exact) mass is 284 g/mol. The summed E-state index contributed by atoms with van der Waals surface area (Å²) in [6.45, 7) is 11.2. The van der Waals surface area contributed by atoms with Crippen molar-refractivity contribution in [3.05, 3.63) is 0 Å². The summed E-state index contributed by atoms with van der Waals surface area (Å²) in [6.07, 6.45) is -0.160. The highest BCUT2D eigenvalue weighted by molar-refractivity contribution is 6.74. The lowest BCUT2D eigenvalue weighted by atomic mass is 10.1. The lowest BCUT2D eigenvalue weighted by Crippen LogP contribution is -2.44. The molecule has 1 heterocycles. The number of carboxylic acid groups (broad SMARTS) is 1. The fourth-order valence-corrected chi connectivity index (χ4v) is 3.44. The number of likely N-dealkylation sites (tertiary alicyclic amines) is 1. The number of hydrogen-bond donors (Lipinski definition) is 1. The van der Waals surface area contributed by atoms with Crippen LogP contribution in [-0.2, 0) is 4.43 Å². The Morgan fingerprint density at radius 2 is 2.11 bits per heavy atom.